The van der Waals surface area contributed by atoms with Gasteiger partial charge in [0.05, 0.1) is 15.4 Å². The summed E-state index contributed by atoms with van der Waals surface area (Å²) >= 11 is 5.25. The Labute approximate surface area is 122 Å². The van der Waals surface area contributed by atoms with Crippen LogP contribution in [0, 0.1) is 0 Å². The van der Waals surface area contributed by atoms with Gasteiger partial charge in [-0.2, -0.15) is 0 Å². The summed E-state index contributed by atoms with van der Waals surface area (Å²) in [5.74, 6) is 5.76. The Kier molecular flexibility index (Phi) is 6.81. The molecule has 1 aromatic rings. The number of halogens is 1. The Hall–Kier alpha value is 0.0600. The Balaban J connectivity index is 2.84. The third-order valence-electron chi connectivity index (χ3n) is 3.50. The van der Waals surface area contributed by atoms with Gasteiger partial charge in [-0.1, -0.05) is 13.8 Å². The zero-order chi connectivity index (χ0) is 13.6. The van der Waals surface area contributed by atoms with Crippen molar-refractivity contribution in [3.05, 3.63) is 20.8 Å². The minimum atomic E-state index is -0.181. The number of hydrogen-bond donors (Lipinski definition) is 2. The topological polar surface area (TPSA) is 47.3 Å². The van der Waals surface area contributed by atoms with Gasteiger partial charge >= 0.3 is 0 Å². The van der Waals surface area contributed by atoms with E-state index < -0.39 is 0 Å². The second-order valence-corrected chi connectivity index (χ2v) is 6.88. The van der Waals surface area contributed by atoms with Crippen LogP contribution in [0.4, 0.5) is 0 Å². The molecule has 5 heteroatoms. The van der Waals surface area contributed by atoms with E-state index in [1.54, 1.807) is 11.3 Å². The molecule has 0 fully saturated rings. The summed E-state index contributed by atoms with van der Waals surface area (Å²) in [6.45, 7) is 7.07. The first-order valence-electron chi connectivity index (χ1n) is 6.46. The molecule has 1 atom stereocenters. The molecule has 0 spiro atoms. The van der Waals surface area contributed by atoms with Crippen LogP contribution >= 0.6 is 27.3 Å². The Morgan fingerprint density at radius 2 is 2.06 bits per heavy atom. The molecule has 0 aromatic carbocycles. The van der Waals surface area contributed by atoms with Crippen molar-refractivity contribution in [2.24, 2.45) is 5.84 Å². The number of hydrogen-bond acceptors (Lipinski definition) is 4. The highest BCUT2D eigenvalue weighted by Gasteiger charge is 2.36. The van der Waals surface area contributed by atoms with Crippen LogP contribution in [0.5, 0.6) is 0 Å². The number of hydrazine groups is 1. The standard InChI is InChI=1S/C13H23BrN2OS/c1-4-13(5-2,17-6-3)11(16-15)9-10-7-8-12(14)18-10/h7-8,11,16H,4-6,9,15H2,1-3H3. The molecule has 3 nitrogen and oxygen atoms in total. The molecular formula is C13H23BrN2OS. The molecule has 0 aliphatic heterocycles. The van der Waals surface area contributed by atoms with E-state index in [0.29, 0.717) is 6.61 Å². The van der Waals surface area contributed by atoms with Crippen LogP contribution in [0.1, 0.15) is 38.5 Å². The average Bonchev–Trinajstić information content (AvgIpc) is 2.79. The summed E-state index contributed by atoms with van der Waals surface area (Å²) < 4.78 is 7.17. The molecule has 0 saturated carbocycles. The summed E-state index contributed by atoms with van der Waals surface area (Å²) in [5, 5.41) is 0. The predicted octanol–water partition coefficient (Wildman–Crippen LogP) is 3.48. The fourth-order valence-corrected chi connectivity index (χ4v) is 3.92. The maximum atomic E-state index is 6.01. The zero-order valence-corrected chi connectivity index (χ0v) is 13.7. The van der Waals surface area contributed by atoms with Gasteiger partial charge in [-0.15, -0.1) is 11.3 Å². The molecule has 1 rings (SSSR count). The molecule has 0 bridgehead atoms. The van der Waals surface area contributed by atoms with Gasteiger partial charge in [0.15, 0.2) is 0 Å². The first-order valence-corrected chi connectivity index (χ1v) is 8.07. The largest absolute Gasteiger partial charge is 0.374 e. The first-order chi connectivity index (χ1) is 8.61. The second-order valence-electron chi connectivity index (χ2n) is 4.33. The Morgan fingerprint density at radius 3 is 2.44 bits per heavy atom. The number of ether oxygens (including phenoxy) is 1. The summed E-state index contributed by atoms with van der Waals surface area (Å²) in [4.78, 5) is 1.32. The van der Waals surface area contributed by atoms with Crippen LogP contribution in [0.3, 0.4) is 0 Å². The molecule has 0 amide bonds. The normalized spacial score (nSPS) is 13.8. The highest BCUT2D eigenvalue weighted by molar-refractivity contribution is 9.11. The van der Waals surface area contributed by atoms with E-state index in [0.717, 1.165) is 23.0 Å². The van der Waals surface area contributed by atoms with Crippen molar-refractivity contribution < 1.29 is 4.74 Å². The summed E-state index contributed by atoms with van der Waals surface area (Å²) in [6, 6.07) is 4.35. The molecule has 3 N–H and O–H groups in total. The van der Waals surface area contributed by atoms with E-state index in [1.807, 2.05) is 6.92 Å². The summed E-state index contributed by atoms with van der Waals surface area (Å²) in [5.41, 5.74) is 2.77. The summed E-state index contributed by atoms with van der Waals surface area (Å²) in [6.07, 6.45) is 2.81. The number of nitrogens with one attached hydrogen (secondary N) is 1. The lowest BCUT2D eigenvalue weighted by Crippen LogP contribution is -2.55. The van der Waals surface area contributed by atoms with Gasteiger partial charge in [-0.3, -0.25) is 11.3 Å². The van der Waals surface area contributed by atoms with Gasteiger partial charge in [-0.25, -0.2) is 0 Å². The Bertz CT molecular complexity index is 353. The number of rotatable bonds is 8. The van der Waals surface area contributed by atoms with Crippen molar-refractivity contribution in [2.45, 2.75) is 51.7 Å². The van der Waals surface area contributed by atoms with E-state index in [9.17, 15) is 0 Å². The zero-order valence-electron chi connectivity index (χ0n) is 11.3. The maximum Gasteiger partial charge on any atom is 0.0846 e. The quantitative estimate of drug-likeness (QED) is 0.565. The predicted molar refractivity (Wildman–Crippen MR) is 81.8 cm³/mol. The maximum absolute atomic E-state index is 6.01. The van der Waals surface area contributed by atoms with E-state index >= 15 is 0 Å². The lowest BCUT2D eigenvalue weighted by molar-refractivity contribution is -0.0718. The monoisotopic (exact) mass is 334 g/mol. The van der Waals surface area contributed by atoms with Gasteiger partial charge in [0.25, 0.3) is 0 Å². The van der Waals surface area contributed by atoms with Crippen molar-refractivity contribution in [1.82, 2.24) is 5.43 Å². The van der Waals surface area contributed by atoms with E-state index in [1.165, 1.54) is 4.88 Å². The Morgan fingerprint density at radius 1 is 1.39 bits per heavy atom. The van der Waals surface area contributed by atoms with Crippen LogP contribution in [-0.4, -0.2) is 18.2 Å². The fraction of sp³-hybridized carbons (Fsp3) is 0.692. The second kappa shape index (κ2) is 7.60. The lowest BCUT2D eigenvalue weighted by Gasteiger charge is -2.39. The SMILES string of the molecule is CCOC(CC)(CC)C(Cc1ccc(Br)s1)NN. The molecule has 18 heavy (non-hydrogen) atoms. The highest BCUT2D eigenvalue weighted by atomic mass is 79.9. The van der Waals surface area contributed by atoms with Crippen LogP contribution < -0.4 is 11.3 Å². The van der Waals surface area contributed by atoms with E-state index in [2.05, 4.69) is 47.3 Å². The molecular weight excluding hydrogens is 312 g/mol. The minimum absolute atomic E-state index is 0.137. The molecule has 0 aliphatic rings. The van der Waals surface area contributed by atoms with Crippen LogP contribution in [-0.2, 0) is 11.2 Å². The molecule has 1 heterocycles. The smallest absolute Gasteiger partial charge is 0.0846 e. The fourth-order valence-electron chi connectivity index (χ4n) is 2.39. The van der Waals surface area contributed by atoms with Crippen LogP contribution in [0.2, 0.25) is 0 Å². The van der Waals surface area contributed by atoms with Crippen LogP contribution in [0.15, 0.2) is 15.9 Å². The molecule has 1 unspecified atom stereocenters. The third-order valence-corrected chi connectivity index (χ3v) is 5.15. The van der Waals surface area contributed by atoms with Crippen molar-refractivity contribution in [1.29, 1.82) is 0 Å². The van der Waals surface area contributed by atoms with Gasteiger partial charge in [0.1, 0.15) is 0 Å². The molecule has 0 saturated heterocycles. The third kappa shape index (κ3) is 3.78. The van der Waals surface area contributed by atoms with E-state index in [-0.39, 0.29) is 11.6 Å². The molecule has 1 aromatic heterocycles. The molecule has 104 valence electrons. The van der Waals surface area contributed by atoms with Gasteiger partial charge in [0.2, 0.25) is 0 Å². The van der Waals surface area contributed by atoms with Crippen molar-refractivity contribution in [3.63, 3.8) is 0 Å². The number of nitrogens with two attached hydrogens (primary N) is 1. The molecule has 0 radical (unpaired) electrons. The summed E-state index contributed by atoms with van der Waals surface area (Å²) in [7, 11) is 0. The van der Waals surface area contributed by atoms with Crippen LogP contribution in [0.25, 0.3) is 0 Å². The average molecular weight is 335 g/mol. The minimum Gasteiger partial charge on any atom is -0.374 e. The lowest BCUT2D eigenvalue weighted by atomic mass is 9.86. The van der Waals surface area contributed by atoms with E-state index in [4.69, 9.17) is 10.6 Å². The molecule has 0 aliphatic carbocycles. The first kappa shape index (κ1) is 16.1. The van der Waals surface area contributed by atoms with Crippen molar-refractivity contribution in [3.8, 4) is 0 Å². The van der Waals surface area contributed by atoms with Gasteiger partial charge in [-0.05, 0) is 47.8 Å². The van der Waals surface area contributed by atoms with Crippen molar-refractivity contribution in [2.75, 3.05) is 6.61 Å². The van der Waals surface area contributed by atoms with Gasteiger partial charge < -0.3 is 4.74 Å². The highest BCUT2D eigenvalue weighted by Crippen LogP contribution is 2.30. The van der Waals surface area contributed by atoms with Gasteiger partial charge in [0, 0.05) is 17.9 Å². The number of thiophene rings is 1. The van der Waals surface area contributed by atoms with Crippen molar-refractivity contribution >= 4 is 27.3 Å².